The van der Waals surface area contributed by atoms with Crippen molar-refractivity contribution in [1.82, 2.24) is 38.5 Å². The summed E-state index contributed by atoms with van der Waals surface area (Å²) in [6.45, 7) is 20.3. The summed E-state index contributed by atoms with van der Waals surface area (Å²) in [7, 11) is -8.46. The molecular formula is C76H101CoN19O20PS. The van der Waals surface area contributed by atoms with E-state index >= 15 is 0 Å². The first kappa shape index (κ1) is 91.6. The van der Waals surface area contributed by atoms with Crippen molar-refractivity contribution in [3.63, 3.8) is 0 Å². The van der Waals surface area contributed by atoms with Crippen LogP contribution in [0.25, 0.3) is 11.0 Å². The van der Waals surface area contributed by atoms with Gasteiger partial charge < -0.3 is 38.8 Å². The molecule has 18 N–H and O–H groups in total. The van der Waals surface area contributed by atoms with E-state index < -0.39 is 176 Å². The second kappa shape index (κ2) is 35.7. The zero-order chi connectivity index (χ0) is 87.6. The molecule has 0 aliphatic carbocycles. The molecule has 2 aromatic carbocycles. The predicted octanol–water partition coefficient (Wildman–Crippen LogP) is 3.12. The van der Waals surface area contributed by atoms with E-state index in [1.165, 1.54) is 44.0 Å². The van der Waals surface area contributed by atoms with Crippen molar-refractivity contribution in [2.45, 2.75) is 201 Å². The van der Waals surface area contributed by atoms with Crippen molar-refractivity contribution in [3.05, 3.63) is 99.6 Å². The minimum Gasteiger partial charge on any atom is -0.478 e. The number of phosphoric ester groups is 1. The number of nitrogens with zero attached hydrogens (tertiary/aromatic N) is 10. The number of amides is 9. The first-order valence-corrected chi connectivity index (χ1v) is 41.6. The van der Waals surface area contributed by atoms with Gasteiger partial charge in [-0.05, 0) is 56.2 Å². The third-order valence-electron chi connectivity index (χ3n) is 23.6. The number of allylic oxidation sites excluding steroid dienone is 6. The number of phosphoric acid groups is 1. The van der Waals surface area contributed by atoms with Crippen LogP contribution in [0.3, 0.4) is 0 Å². The standard InChI is InChI=1S/C62H90N13O14P.C13H13N5O6S.CN.Co/c1-29-20-39-40(21-30(29)2)75(28-70-39)57-52(84)53(41(27-76)87-57)89-90(85,86)88-31(3)26-69-49(83)18-19-59(8)37(22-46(66)80)56-62(11)61(10,25-48(68)82)36(14-17-45(65)79)51(74-62)33(5)55-60(9,24-47(67)81)34(12-15-43(63)77)38(71-55)23-42-58(6,7)35(13-16-44(64)78)50(72-42)32(4)54(59)73-56;1-7-14-11(17-13(15-7)24-2)16-12(21)18-25(22,23)9-6-4-3-5-8(9)10(19)20;1-2;/h20-21,23,28,31,34-37,41,52-53,56-57,76,84H,12-19,22,24-27H2,1-11H3,(H15,63,64,65,66,67,68,69,71,72,73,74,77,78,79,80,81,82,83,85,86);3-6H,1-2H3,(H,19,20)(H2,14,15,16,17,18,21);;/q;;;+2/p-2/t31?,34-,35-,36-,37+,41-,52-,53-,56-,57+,59-,60+,61+,62+;;;/m1.../s1. The van der Waals surface area contributed by atoms with Gasteiger partial charge in [-0.25, -0.2) is 27.7 Å². The Morgan fingerprint density at radius 3 is 2.01 bits per heavy atom. The number of methoxy groups -OCH3 is 1. The van der Waals surface area contributed by atoms with Crippen molar-refractivity contribution in [2.24, 2.45) is 94.7 Å². The molecule has 640 valence electrons. The molecule has 6 aliphatic rings. The monoisotopic (exact) mass is 1720 g/mol. The number of aliphatic hydroxyl groups is 2. The van der Waals surface area contributed by atoms with Gasteiger partial charge in [-0.3, -0.25) is 9.88 Å². The fourth-order valence-electron chi connectivity index (χ4n) is 17.5. The van der Waals surface area contributed by atoms with Gasteiger partial charge >= 0.3 is 435 Å². The molecule has 10 rings (SSSR count). The molecule has 4 aromatic rings. The minimum absolute atomic E-state index is 0.0111. The number of anilines is 1. The number of carbonyl (C=O) groups is 9. The van der Waals surface area contributed by atoms with Gasteiger partial charge in [0.2, 0.25) is 5.95 Å². The average Bonchev–Trinajstić information content (AvgIpc) is 1.51. The van der Waals surface area contributed by atoms with Crippen LogP contribution in [-0.4, -0.2) is 179 Å². The van der Waals surface area contributed by atoms with Crippen LogP contribution in [-0.2, 0) is 76.8 Å². The zero-order valence-corrected chi connectivity index (χ0v) is 70.2. The fourth-order valence-corrected chi connectivity index (χ4v) is 20.9. The van der Waals surface area contributed by atoms with Gasteiger partial charge in [0.05, 0.1) is 36.6 Å². The zero-order valence-electron chi connectivity index (χ0n) is 67.5. The summed E-state index contributed by atoms with van der Waals surface area (Å²) in [6.07, 6.45) is -5.38. The molecular weight excluding hydrogens is 1620 g/mol. The summed E-state index contributed by atoms with van der Waals surface area (Å²) < 4.78 is 64.7. The molecule has 2 aromatic heterocycles. The second-order valence-corrected chi connectivity index (χ2v) is 35.7. The summed E-state index contributed by atoms with van der Waals surface area (Å²) >= 11 is 0.0230. The number of carboxylic acid groups (broad SMARTS) is 1. The van der Waals surface area contributed by atoms with Crippen molar-refractivity contribution in [1.29, 1.82) is 5.26 Å². The Morgan fingerprint density at radius 1 is 0.797 bits per heavy atom. The van der Waals surface area contributed by atoms with Crippen LogP contribution in [0.2, 0.25) is 0 Å². The fraction of sp³-hybridized carbons (Fsp3) is 0.539. The number of carbonyl (C=O) groups excluding carboxylic acids is 8. The number of rotatable bonds is 32. The van der Waals surface area contributed by atoms with E-state index in [9.17, 15) is 76.5 Å². The molecule has 2 saturated heterocycles. The smallest absolute Gasteiger partial charge is 0.478 e. The van der Waals surface area contributed by atoms with Crippen molar-refractivity contribution >= 4 is 105 Å². The molecule has 0 saturated carbocycles. The van der Waals surface area contributed by atoms with Gasteiger partial charge in [0.1, 0.15) is 29.0 Å². The minimum atomic E-state index is -5.35. The van der Waals surface area contributed by atoms with Crippen LogP contribution in [0.5, 0.6) is 6.01 Å². The number of aliphatic hydroxyl groups excluding tert-OH is 2. The molecule has 0 radical (unpaired) electrons. The van der Waals surface area contributed by atoms with Crippen molar-refractivity contribution in [3.8, 4) is 11.0 Å². The first-order chi connectivity index (χ1) is 55.0. The third-order valence-corrected chi connectivity index (χ3v) is 27.2. The number of nitriles is 1. The number of aryl methyl sites for hydroxylation is 3. The Hall–Kier alpha value is -10.3. The number of primary amides is 6. The van der Waals surface area contributed by atoms with Crippen molar-refractivity contribution < 1.29 is 110 Å². The number of carboxylic acids is 1. The Morgan fingerprint density at radius 2 is 1.42 bits per heavy atom. The van der Waals surface area contributed by atoms with E-state index in [-0.39, 0.29) is 110 Å². The number of benzene rings is 2. The van der Waals surface area contributed by atoms with Crippen LogP contribution < -0.4 is 59.4 Å². The second-order valence-electron chi connectivity index (χ2n) is 31.8. The summed E-state index contributed by atoms with van der Waals surface area (Å²) in [5, 5.41) is 49.1. The Kier molecular flexibility index (Phi) is 27.7. The molecule has 42 heteroatoms. The number of hydrogen-bond donors (Lipinski definition) is 12. The van der Waals surface area contributed by atoms with Crippen LogP contribution in [0.15, 0.2) is 96.9 Å². The molecule has 9 amide bonds. The molecule has 2 unspecified atom stereocenters. The number of imidazole rings is 1. The van der Waals surface area contributed by atoms with Crippen LogP contribution >= 0.6 is 7.82 Å². The molecule has 2 fully saturated rings. The number of aromatic carboxylic acids is 1. The molecule has 8 heterocycles. The summed E-state index contributed by atoms with van der Waals surface area (Å²) in [4.78, 5) is 163. The first-order valence-electron chi connectivity index (χ1n) is 37.7. The van der Waals surface area contributed by atoms with Gasteiger partial charge in [0, 0.05) is 0 Å². The summed E-state index contributed by atoms with van der Waals surface area (Å²) in [5.74, 6) is -9.32. The topological polar surface area (TPSA) is 638 Å². The van der Waals surface area contributed by atoms with E-state index in [2.05, 4.69) is 35.6 Å². The maximum absolute atomic E-state index is 14.5. The number of nitrogens with two attached hydrogens (primary N) is 6. The number of fused-ring (bicyclic) bond motifs is 7. The maximum atomic E-state index is 14.5. The Bertz CT molecular complexity index is 5140. The van der Waals surface area contributed by atoms with Gasteiger partial charge in [0.15, 0.2) is 6.23 Å². The number of aliphatic imine (C=N–C) groups is 3. The average molecular weight is 1720 g/mol. The molecule has 8 bridgehead atoms. The van der Waals surface area contributed by atoms with Crippen molar-refractivity contribution in [2.75, 3.05) is 25.6 Å². The SMILES string of the molecule is C/C1=C2N=C(/C=C3N=C(/C(C)=C4/[C@@H](CCC(N)=O)[C@](C)(CC(N)=O)[C@](C)([C@@H]5N=C1[C@](C)(CCC(=O)NCC(C)OP(=O)([O-])O[C@H]1[C@@H](O)[C@@H](n6cnc7cc(C)c(C)cc76)O[C@@H]1CO)[C@H]5CC(N)=O)[N]4[Co+][C]#N)[C@@](C)(CC(N)=O)[C@@H]\3CCC(N)=O)C(C)(C)[C@@H]/2CCC(N)=O.COc1nc(C)nc(NC(=O)NS(=O)(=O)c2ccccc2C(=O)O)n1. The summed E-state index contributed by atoms with van der Waals surface area (Å²) in [5.41, 5.74) is 35.9. The van der Waals surface area contributed by atoms with Crippen LogP contribution in [0, 0.1) is 76.4 Å². The molecule has 6 aliphatic heterocycles. The number of ether oxygens (including phenoxy) is 2. The molecule has 39 nitrogen and oxygen atoms in total. The van der Waals surface area contributed by atoms with Gasteiger partial charge in [-0.15, -0.1) is 0 Å². The van der Waals surface area contributed by atoms with Gasteiger partial charge in [0.25, 0.3) is 17.8 Å². The number of nitrogens with one attached hydrogen (secondary N) is 3. The predicted molar refractivity (Wildman–Crippen MR) is 420 cm³/mol. The number of sulfonamides is 1. The van der Waals surface area contributed by atoms with Crippen LogP contribution in [0.1, 0.15) is 166 Å². The number of hydrogen-bond acceptors (Lipinski definition) is 28. The quantitative estimate of drug-likeness (QED) is 0.0312. The van der Waals surface area contributed by atoms with E-state index in [1.807, 2.05) is 53.7 Å². The third kappa shape index (κ3) is 18.7. The number of aromatic nitrogens is 5. The van der Waals surface area contributed by atoms with E-state index in [0.29, 0.717) is 56.4 Å². The van der Waals surface area contributed by atoms with Gasteiger partial charge in [-0.1, -0.05) is 12.1 Å². The van der Waals surface area contributed by atoms with Gasteiger partial charge in [-0.2, -0.15) is 15.0 Å². The van der Waals surface area contributed by atoms with Crippen LogP contribution in [0.4, 0.5) is 10.7 Å². The molecule has 15 atom stereocenters. The van der Waals surface area contributed by atoms with E-state index in [4.69, 9.17) is 73.0 Å². The normalized spacial score (nSPS) is 28.7. The molecule has 118 heavy (non-hydrogen) atoms. The van der Waals surface area contributed by atoms with E-state index in [0.717, 1.165) is 23.3 Å². The Labute approximate surface area is 687 Å². The molecule has 0 spiro atoms. The van der Waals surface area contributed by atoms with E-state index in [1.54, 1.807) is 42.4 Å². The Balaban J connectivity index is 0.000000539. The number of urea groups is 1. The summed E-state index contributed by atoms with van der Waals surface area (Å²) in [6, 6.07) is 6.19.